The lowest BCUT2D eigenvalue weighted by atomic mass is 10.1. The summed E-state index contributed by atoms with van der Waals surface area (Å²) in [6.45, 7) is 0.299. The summed E-state index contributed by atoms with van der Waals surface area (Å²) in [6.07, 6.45) is 1.60. The summed E-state index contributed by atoms with van der Waals surface area (Å²) in [5.41, 5.74) is 2.62. The van der Waals surface area contributed by atoms with E-state index >= 15 is 0 Å². The van der Waals surface area contributed by atoms with Crippen LogP contribution in [0.1, 0.15) is 15.9 Å². The van der Waals surface area contributed by atoms with Gasteiger partial charge in [0.1, 0.15) is 0 Å². The van der Waals surface area contributed by atoms with Crippen LogP contribution in [0.15, 0.2) is 59.5 Å². The highest BCUT2D eigenvalue weighted by molar-refractivity contribution is 6.46. The minimum atomic E-state index is -0.402. The molecule has 1 aromatic heterocycles. The zero-order chi connectivity index (χ0) is 18.7. The number of hydrogen-bond acceptors (Lipinski definition) is 2. The average molecular weight is 408 g/mol. The van der Waals surface area contributed by atoms with Crippen LogP contribution in [0.5, 0.6) is 0 Å². The van der Waals surface area contributed by atoms with Crippen LogP contribution < -0.4 is 10.9 Å². The van der Waals surface area contributed by atoms with Gasteiger partial charge in [0, 0.05) is 18.8 Å². The topological polar surface area (TPSA) is 62.0 Å². The third kappa shape index (κ3) is 4.10. The second-order valence-electron chi connectivity index (χ2n) is 5.54. The monoisotopic (exact) mass is 406 g/mol. The minimum Gasteiger partial charge on any atom is -0.348 e. The molecule has 0 fully saturated rings. The van der Waals surface area contributed by atoms with Gasteiger partial charge < -0.3 is 10.3 Å². The largest absolute Gasteiger partial charge is 0.348 e. The summed E-state index contributed by atoms with van der Waals surface area (Å²) in [4.78, 5) is 26.3. The van der Waals surface area contributed by atoms with Gasteiger partial charge in [-0.1, -0.05) is 59.1 Å². The Morgan fingerprint density at radius 3 is 2.31 bits per heavy atom. The molecule has 0 radical (unpaired) electrons. The predicted molar refractivity (Wildman–Crippen MR) is 105 cm³/mol. The average Bonchev–Trinajstić information content (AvgIpc) is 2.64. The molecule has 132 valence electrons. The number of carbonyl (C=O) groups is 1. The maximum atomic E-state index is 12.4. The molecule has 0 aliphatic carbocycles. The van der Waals surface area contributed by atoms with Crippen molar-refractivity contribution in [1.82, 2.24) is 10.3 Å². The van der Waals surface area contributed by atoms with Crippen molar-refractivity contribution in [2.45, 2.75) is 6.54 Å². The highest BCUT2D eigenvalue weighted by atomic mass is 35.5. The van der Waals surface area contributed by atoms with Gasteiger partial charge in [-0.05, 0) is 34.9 Å². The zero-order valence-electron chi connectivity index (χ0n) is 13.4. The number of halogens is 3. The molecule has 2 N–H and O–H groups in total. The smallest absolute Gasteiger partial charge is 0.254 e. The summed E-state index contributed by atoms with van der Waals surface area (Å²) in [5, 5.41) is 3.40. The number of hydrogen-bond donors (Lipinski definition) is 2. The van der Waals surface area contributed by atoms with E-state index in [2.05, 4.69) is 10.3 Å². The Morgan fingerprint density at radius 2 is 1.62 bits per heavy atom. The third-order valence-electron chi connectivity index (χ3n) is 3.79. The Kier molecular flexibility index (Phi) is 5.67. The van der Waals surface area contributed by atoms with E-state index in [9.17, 15) is 9.59 Å². The van der Waals surface area contributed by atoms with Crippen molar-refractivity contribution in [2.75, 3.05) is 0 Å². The van der Waals surface area contributed by atoms with Crippen molar-refractivity contribution in [3.8, 4) is 11.1 Å². The SMILES string of the molecule is O=C(NCc1ccc(-c2cc[nH]c(=O)c2)cc1)c1c(Cl)ccc(Cl)c1Cl. The second kappa shape index (κ2) is 7.96. The molecular weight excluding hydrogens is 395 g/mol. The van der Waals surface area contributed by atoms with Gasteiger partial charge in [0.2, 0.25) is 5.56 Å². The van der Waals surface area contributed by atoms with Crippen LogP contribution in [0, 0.1) is 0 Å². The van der Waals surface area contributed by atoms with Gasteiger partial charge in [-0.25, -0.2) is 0 Å². The fraction of sp³-hybridized carbons (Fsp3) is 0.0526. The van der Waals surface area contributed by atoms with Gasteiger partial charge in [-0.3, -0.25) is 9.59 Å². The number of H-pyrrole nitrogens is 1. The van der Waals surface area contributed by atoms with Crippen molar-refractivity contribution in [2.24, 2.45) is 0 Å². The van der Waals surface area contributed by atoms with E-state index in [1.165, 1.54) is 18.2 Å². The van der Waals surface area contributed by atoms with Crippen molar-refractivity contribution in [3.63, 3.8) is 0 Å². The Hall–Kier alpha value is -2.27. The van der Waals surface area contributed by atoms with E-state index in [0.29, 0.717) is 6.54 Å². The molecule has 7 heteroatoms. The summed E-state index contributed by atoms with van der Waals surface area (Å²) in [6, 6.07) is 13.9. The first-order chi connectivity index (χ1) is 12.5. The Labute approximate surface area is 164 Å². The fourth-order valence-electron chi connectivity index (χ4n) is 2.45. The van der Waals surface area contributed by atoms with Crippen LogP contribution in [0.2, 0.25) is 15.1 Å². The van der Waals surface area contributed by atoms with E-state index in [1.807, 2.05) is 30.3 Å². The molecule has 0 bridgehead atoms. The van der Waals surface area contributed by atoms with E-state index in [0.717, 1.165) is 16.7 Å². The molecule has 3 aromatic rings. The lowest BCUT2D eigenvalue weighted by Crippen LogP contribution is -2.23. The quantitative estimate of drug-likeness (QED) is 0.602. The zero-order valence-corrected chi connectivity index (χ0v) is 15.6. The fourth-order valence-corrected chi connectivity index (χ4v) is 3.14. The van der Waals surface area contributed by atoms with Gasteiger partial charge in [0.05, 0.1) is 20.6 Å². The number of pyridine rings is 1. The molecular formula is C19H13Cl3N2O2. The van der Waals surface area contributed by atoms with Crippen LogP contribution >= 0.6 is 34.8 Å². The molecule has 26 heavy (non-hydrogen) atoms. The second-order valence-corrected chi connectivity index (χ2v) is 6.73. The molecule has 0 saturated carbocycles. The van der Waals surface area contributed by atoms with E-state index in [4.69, 9.17) is 34.8 Å². The standard InChI is InChI=1S/C19H13Cl3N2O2/c20-14-5-6-15(21)18(22)17(14)19(26)24-10-11-1-3-12(4-2-11)13-7-8-23-16(25)9-13/h1-9H,10H2,(H,23,25)(H,24,26). The number of rotatable bonds is 4. The van der Waals surface area contributed by atoms with Gasteiger partial charge >= 0.3 is 0 Å². The Bertz CT molecular complexity index is 1010. The molecule has 0 spiro atoms. The van der Waals surface area contributed by atoms with E-state index < -0.39 is 5.91 Å². The number of amides is 1. The summed E-state index contributed by atoms with van der Waals surface area (Å²) in [7, 11) is 0. The molecule has 0 saturated heterocycles. The molecule has 0 aliphatic rings. The number of aromatic nitrogens is 1. The van der Waals surface area contributed by atoms with Gasteiger partial charge in [0.15, 0.2) is 0 Å². The first kappa shape index (κ1) is 18.5. The van der Waals surface area contributed by atoms with Gasteiger partial charge in [-0.2, -0.15) is 0 Å². The maximum Gasteiger partial charge on any atom is 0.254 e. The van der Waals surface area contributed by atoms with Crippen LogP contribution in [0.25, 0.3) is 11.1 Å². The molecule has 3 rings (SSSR count). The van der Waals surface area contributed by atoms with Crippen molar-refractivity contribution < 1.29 is 4.79 Å². The van der Waals surface area contributed by atoms with Crippen LogP contribution in [0.4, 0.5) is 0 Å². The Morgan fingerprint density at radius 1 is 0.923 bits per heavy atom. The van der Waals surface area contributed by atoms with Crippen LogP contribution in [-0.4, -0.2) is 10.9 Å². The maximum absolute atomic E-state index is 12.4. The third-order valence-corrected chi connectivity index (χ3v) is 4.91. The van der Waals surface area contributed by atoms with Gasteiger partial charge in [-0.15, -0.1) is 0 Å². The number of aromatic amines is 1. The van der Waals surface area contributed by atoms with Crippen molar-refractivity contribution in [3.05, 3.63) is 91.3 Å². The number of benzene rings is 2. The molecule has 0 atom stereocenters. The van der Waals surface area contributed by atoms with Crippen molar-refractivity contribution in [1.29, 1.82) is 0 Å². The first-order valence-corrected chi connectivity index (χ1v) is 8.79. The Balaban J connectivity index is 1.72. The number of nitrogens with one attached hydrogen (secondary N) is 2. The lowest BCUT2D eigenvalue weighted by molar-refractivity contribution is 0.0951. The first-order valence-electron chi connectivity index (χ1n) is 7.65. The molecule has 0 aliphatic heterocycles. The molecule has 0 unspecified atom stereocenters. The molecule has 1 amide bonds. The summed E-state index contributed by atoms with van der Waals surface area (Å²) in [5.74, 6) is -0.402. The predicted octanol–water partition coefficient (Wildman–Crippen LogP) is 4.93. The van der Waals surface area contributed by atoms with Crippen LogP contribution in [-0.2, 0) is 6.54 Å². The summed E-state index contributed by atoms with van der Waals surface area (Å²) < 4.78 is 0. The highest BCUT2D eigenvalue weighted by Crippen LogP contribution is 2.31. The molecule has 4 nitrogen and oxygen atoms in total. The van der Waals surface area contributed by atoms with E-state index in [1.54, 1.807) is 6.20 Å². The van der Waals surface area contributed by atoms with Gasteiger partial charge in [0.25, 0.3) is 5.91 Å². The molecule has 2 aromatic carbocycles. The normalized spacial score (nSPS) is 10.6. The summed E-state index contributed by atoms with van der Waals surface area (Å²) >= 11 is 18.1. The minimum absolute atomic E-state index is 0.126. The lowest BCUT2D eigenvalue weighted by Gasteiger charge is -2.10. The van der Waals surface area contributed by atoms with Crippen LogP contribution in [0.3, 0.4) is 0 Å². The van der Waals surface area contributed by atoms with E-state index in [-0.39, 0.29) is 26.2 Å². The number of carbonyl (C=O) groups excluding carboxylic acids is 1. The highest BCUT2D eigenvalue weighted by Gasteiger charge is 2.17. The van der Waals surface area contributed by atoms with Crippen molar-refractivity contribution >= 4 is 40.7 Å². The molecule has 1 heterocycles.